The van der Waals surface area contributed by atoms with Crippen LogP contribution in [0.2, 0.25) is 0 Å². The quantitative estimate of drug-likeness (QED) is 0.769. The Hall–Kier alpha value is -0.752. The molecule has 0 aliphatic heterocycles. The van der Waals surface area contributed by atoms with Crippen molar-refractivity contribution in [2.45, 2.75) is 26.3 Å². The molecule has 1 unspecified atom stereocenters. The first-order chi connectivity index (χ1) is 6.65. The van der Waals surface area contributed by atoms with Gasteiger partial charge in [-0.05, 0) is 0 Å². The summed E-state index contributed by atoms with van der Waals surface area (Å²) in [6, 6.07) is 8.81. The molecule has 1 aromatic carbocycles. The summed E-state index contributed by atoms with van der Waals surface area (Å²) in [6.07, 6.45) is 0.947. The predicted octanol–water partition coefficient (Wildman–Crippen LogP) is 0.273. The van der Waals surface area contributed by atoms with Crippen molar-refractivity contribution in [3.63, 3.8) is 0 Å². The van der Waals surface area contributed by atoms with E-state index in [1.54, 1.807) is 6.07 Å². The van der Waals surface area contributed by atoms with Gasteiger partial charge in [0.15, 0.2) is 0 Å². The van der Waals surface area contributed by atoms with Crippen molar-refractivity contribution in [2.75, 3.05) is 0 Å². The standard InChI is InChI=1S/C11H15AsNO/c1-3-8(2)13-11(14)9-6-4-5-7-10(9)12/h4-5,7-8H,3,12H2,1-2H3,(H,13,14)/t8-/m0/s1. The van der Waals surface area contributed by atoms with Crippen molar-refractivity contribution in [1.29, 1.82) is 0 Å². The van der Waals surface area contributed by atoms with Gasteiger partial charge in [-0.25, -0.2) is 0 Å². The third-order valence-electron chi connectivity index (χ3n) is 2.11. The van der Waals surface area contributed by atoms with Crippen molar-refractivity contribution in [3.8, 4) is 0 Å². The van der Waals surface area contributed by atoms with Gasteiger partial charge in [-0.2, -0.15) is 0 Å². The van der Waals surface area contributed by atoms with Gasteiger partial charge >= 0.3 is 93.4 Å². The summed E-state index contributed by atoms with van der Waals surface area (Å²) in [5.41, 5.74) is 0.674. The van der Waals surface area contributed by atoms with Gasteiger partial charge in [0.2, 0.25) is 0 Å². The summed E-state index contributed by atoms with van der Waals surface area (Å²) in [5.74, 6) is -0.0145. The molecule has 3 heteroatoms. The number of benzene rings is 1. The molecule has 0 saturated heterocycles. The number of carbonyl (C=O) groups excluding carboxylic acids is 1. The van der Waals surface area contributed by atoms with Crippen LogP contribution in [0.15, 0.2) is 18.2 Å². The van der Waals surface area contributed by atoms with Crippen molar-refractivity contribution >= 4 is 27.1 Å². The van der Waals surface area contributed by atoms with Gasteiger partial charge in [-0.1, -0.05) is 0 Å². The zero-order valence-corrected chi connectivity index (χ0v) is 10.9. The van der Waals surface area contributed by atoms with E-state index in [2.05, 4.69) is 18.3 Å². The van der Waals surface area contributed by atoms with E-state index >= 15 is 0 Å². The molecule has 0 bridgehead atoms. The van der Waals surface area contributed by atoms with Crippen LogP contribution in [0.25, 0.3) is 0 Å². The van der Waals surface area contributed by atoms with E-state index < -0.39 is 0 Å². The van der Waals surface area contributed by atoms with Crippen molar-refractivity contribution in [3.05, 3.63) is 29.8 Å². The van der Waals surface area contributed by atoms with E-state index in [4.69, 9.17) is 0 Å². The van der Waals surface area contributed by atoms with Crippen LogP contribution < -0.4 is 9.67 Å². The summed E-state index contributed by atoms with van der Waals surface area (Å²) in [6.45, 7) is 4.05. The Morgan fingerprint density at radius 1 is 1.71 bits per heavy atom. The summed E-state index contributed by atoms with van der Waals surface area (Å²) in [5, 5.41) is 2.93. The van der Waals surface area contributed by atoms with Gasteiger partial charge in [0.05, 0.1) is 0 Å². The van der Waals surface area contributed by atoms with E-state index in [0.29, 0.717) is 5.56 Å². The monoisotopic (exact) mass is 252 g/mol. The average Bonchev–Trinajstić information content (AvgIpc) is 2.18. The van der Waals surface area contributed by atoms with E-state index in [1.165, 1.54) is 16.9 Å². The van der Waals surface area contributed by atoms with Gasteiger partial charge in [0.25, 0.3) is 0 Å². The molecule has 1 rings (SSSR count). The molecule has 0 aromatic heterocycles. The molecule has 0 aliphatic rings. The van der Waals surface area contributed by atoms with E-state index in [0.717, 1.165) is 10.8 Å². The molecule has 0 heterocycles. The van der Waals surface area contributed by atoms with Gasteiger partial charge in [-0.3, -0.25) is 0 Å². The average molecular weight is 252 g/mol. The molecule has 0 aliphatic carbocycles. The SMILES string of the molecule is CC[C@H](C)NC(=O)c1[c]cccc1[AsH2]. The number of hydrogen-bond acceptors (Lipinski definition) is 1. The molecule has 14 heavy (non-hydrogen) atoms. The normalized spacial score (nSPS) is 12.2. The molecule has 75 valence electrons. The summed E-state index contributed by atoms with van der Waals surface area (Å²) in [4.78, 5) is 11.7. The van der Waals surface area contributed by atoms with Gasteiger partial charge < -0.3 is 0 Å². The fourth-order valence-electron chi connectivity index (χ4n) is 1.04. The molecule has 1 aromatic rings. The molecule has 1 amide bonds. The summed E-state index contributed by atoms with van der Waals surface area (Å²) in [7, 11) is 0. The van der Waals surface area contributed by atoms with Gasteiger partial charge in [0.1, 0.15) is 0 Å². The van der Waals surface area contributed by atoms with E-state index in [9.17, 15) is 4.79 Å². The minimum absolute atomic E-state index is 0.0145. The zero-order valence-electron chi connectivity index (χ0n) is 8.50. The Morgan fingerprint density at radius 2 is 2.43 bits per heavy atom. The molecule has 0 fully saturated rings. The first-order valence-corrected chi connectivity index (χ1v) is 5.93. The number of nitrogens with one attached hydrogen (secondary N) is 1. The number of amides is 1. The molecule has 1 radical (unpaired) electrons. The number of carbonyl (C=O) groups is 1. The molecule has 2 nitrogen and oxygen atoms in total. The topological polar surface area (TPSA) is 29.1 Å². The molecular weight excluding hydrogens is 237 g/mol. The predicted molar refractivity (Wildman–Crippen MR) is 60.7 cm³/mol. The second-order valence-corrected chi connectivity index (χ2v) is 4.59. The van der Waals surface area contributed by atoms with Crippen LogP contribution in [0, 0.1) is 6.07 Å². The van der Waals surface area contributed by atoms with Crippen LogP contribution in [0.4, 0.5) is 0 Å². The fourth-order valence-corrected chi connectivity index (χ4v) is 1.73. The van der Waals surface area contributed by atoms with Crippen molar-refractivity contribution in [2.24, 2.45) is 0 Å². The third kappa shape index (κ3) is 2.88. The van der Waals surface area contributed by atoms with Crippen LogP contribution in [0.1, 0.15) is 30.6 Å². The van der Waals surface area contributed by atoms with Crippen molar-refractivity contribution in [1.82, 2.24) is 5.32 Å². The van der Waals surface area contributed by atoms with Crippen LogP contribution in [-0.2, 0) is 0 Å². The molecule has 1 N–H and O–H groups in total. The maximum absolute atomic E-state index is 11.7. The number of hydrogen-bond donors (Lipinski definition) is 1. The summed E-state index contributed by atoms with van der Waals surface area (Å²) < 4.78 is 1.03. The Kier molecular flexibility index (Phi) is 4.21. The molecule has 2 atom stereocenters. The van der Waals surface area contributed by atoms with Crippen LogP contribution >= 0.6 is 0 Å². The maximum atomic E-state index is 11.7. The van der Waals surface area contributed by atoms with E-state index in [1.807, 2.05) is 19.1 Å². The first-order valence-electron chi connectivity index (χ1n) is 4.72. The van der Waals surface area contributed by atoms with Gasteiger partial charge in [-0.15, -0.1) is 0 Å². The third-order valence-corrected chi connectivity index (χ3v) is 3.11. The minimum atomic E-state index is -0.0145. The first kappa shape index (κ1) is 11.3. The second kappa shape index (κ2) is 5.21. The molecular formula is C11H15AsNO. The van der Waals surface area contributed by atoms with Crippen LogP contribution in [0.5, 0.6) is 0 Å². The van der Waals surface area contributed by atoms with Gasteiger partial charge in [0, 0.05) is 0 Å². The summed E-state index contributed by atoms with van der Waals surface area (Å²) >= 11 is 1.45. The zero-order chi connectivity index (χ0) is 10.6. The Bertz CT molecular complexity index is 325. The van der Waals surface area contributed by atoms with Crippen molar-refractivity contribution < 1.29 is 4.79 Å². The van der Waals surface area contributed by atoms with Crippen LogP contribution in [-0.4, -0.2) is 28.8 Å². The molecule has 0 spiro atoms. The van der Waals surface area contributed by atoms with E-state index in [-0.39, 0.29) is 11.9 Å². The number of rotatable bonds is 3. The second-order valence-electron chi connectivity index (χ2n) is 3.28. The Balaban J connectivity index is 2.75. The Morgan fingerprint density at radius 3 is 3.00 bits per heavy atom. The fraction of sp³-hybridized carbons (Fsp3) is 0.364. The molecule has 0 saturated carbocycles. The Labute approximate surface area is 93.6 Å². The van der Waals surface area contributed by atoms with Crippen LogP contribution in [0.3, 0.4) is 0 Å².